The highest BCUT2D eigenvalue weighted by Crippen LogP contribution is 2.31. The summed E-state index contributed by atoms with van der Waals surface area (Å²) in [5.74, 6) is 1.05. The lowest BCUT2D eigenvalue weighted by Gasteiger charge is -2.37. The number of aromatic nitrogens is 2. The Hall–Kier alpha value is -1.16. The number of piperidine rings is 1. The standard InChI is InChI=1S/C15H24N4/c1-15(2)5-7-19(8-6-15)14-11-16-9-13(18-14)10-17-12-3-4-12/h9,11-12,17H,3-8,10H2,1-2H3. The van der Waals surface area contributed by atoms with Crippen molar-refractivity contribution in [1.29, 1.82) is 0 Å². The quantitative estimate of drug-likeness (QED) is 0.902. The molecule has 1 N–H and O–H groups in total. The predicted molar refractivity (Wildman–Crippen MR) is 77.1 cm³/mol. The highest BCUT2D eigenvalue weighted by molar-refractivity contribution is 5.37. The van der Waals surface area contributed by atoms with Crippen LogP contribution in [-0.4, -0.2) is 29.1 Å². The van der Waals surface area contributed by atoms with Gasteiger partial charge in [-0.2, -0.15) is 0 Å². The summed E-state index contributed by atoms with van der Waals surface area (Å²) in [5, 5.41) is 3.50. The minimum Gasteiger partial charge on any atom is -0.355 e. The molecule has 1 saturated heterocycles. The van der Waals surface area contributed by atoms with Crippen molar-refractivity contribution in [2.45, 2.75) is 52.1 Å². The van der Waals surface area contributed by atoms with Gasteiger partial charge in [-0.1, -0.05) is 13.8 Å². The van der Waals surface area contributed by atoms with E-state index in [-0.39, 0.29) is 0 Å². The van der Waals surface area contributed by atoms with Crippen LogP contribution >= 0.6 is 0 Å². The Balaban J connectivity index is 1.62. The molecule has 2 fully saturated rings. The third-order valence-electron chi connectivity index (χ3n) is 4.26. The molecule has 1 saturated carbocycles. The normalized spacial score (nSPS) is 22.5. The molecule has 1 aliphatic heterocycles. The first-order chi connectivity index (χ1) is 9.12. The summed E-state index contributed by atoms with van der Waals surface area (Å²) in [6.45, 7) is 7.76. The fraction of sp³-hybridized carbons (Fsp3) is 0.733. The molecule has 4 heteroatoms. The van der Waals surface area contributed by atoms with E-state index in [2.05, 4.69) is 29.0 Å². The van der Waals surface area contributed by atoms with Crippen LogP contribution in [0.15, 0.2) is 12.4 Å². The van der Waals surface area contributed by atoms with Gasteiger partial charge in [0.1, 0.15) is 5.82 Å². The lowest BCUT2D eigenvalue weighted by atomic mass is 9.83. The molecular formula is C15H24N4. The maximum atomic E-state index is 4.74. The molecule has 0 bridgehead atoms. The Morgan fingerprint density at radius 1 is 1.26 bits per heavy atom. The largest absolute Gasteiger partial charge is 0.355 e. The number of hydrogen-bond acceptors (Lipinski definition) is 4. The number of anilines is 1. The van der Waals surface area contributed by atoms with E-state index < -0.39 is 0 Å². The lowest BCUT2D eigenvalue weighted by Crippen LogP contribution is -2.38. The van der Waals surface area contributed by atoms with E-state index in [0.717, 1.165) is 37.2 Å². The van der Waals surface area contributed by atoms with Gasteiger partial charge in [-0.05, 0) is 31.1 Å². The van der Waals surface area contributed by atoms with Crippen molar-refractivity contribution in [1.82, 2.24) is 15.3 Å². The fourth-order valence-corrected chi connectivity index (χ4v) is 2.51. The Labute approximate surface area is 115 Å². The summed E-state index contributed by atoms with van der Waals surface area (Å²) in [6, 6.07) is 0.723. The molecule has 19 heavy (non-hydrogen) atoms. The smallest absolute Gasteiger partial charge is 0.147 e. The summed E-state index contributed by atoms with van der Waals surface area (Å²) in [4.78, 5) is 11.5. The molecule has 4 nitrogen and oxygen atoms in total. The number of nitrogens with zero attached hydrogens (tertiary/aromatic N) is 3. The molecule has 2 aliphatic rings. The number of hydrogen-bond donors (Lipinski definition) is 1. The minimum atomic E-state index is 0.481. The lowest BCUT2D eigenvalue weighted by molar-refractivity contribution is 0.279. The molecular weight excluding hydrogens is 236 g/mol. The number of rotatable bonds is 4. The third kappa shape index (κ3) is 3.44. The zero-order valence-corrected chi connectivity index (χ0v) is 12.0. The molecule has 0 unspecified atom stereocenters. The maximum absolute atomic E-state index is 4.74. The first-order valence-electron chi connectivity index (χ1n) is 7.42. The van der Waals surface area contributed by atoms with Crippen LogP contribution in [0.3, 0.4) is 0 Å². The van der Waals surface area contributed by atoms with Crippen LogP contribution in [0.4, 0.5) is 5.82 Å². The molecule has 0 aromatic carbocycles. The van der Waals surface area contributed by atoms with Gasteiger partial charge in [-0.3, -0.25) is 4.98 Å². The van der Waals surface area contributed by atoms with Crippen LogP contribution in [0, 0.1) is 5.41 Å². The van der Waals surface area contributed by atoms with Crippen LogP contribution in [0.1, 0.15) is 45.2 Å². The van der Waals surface area contributed by atoms with E-state index in [4.69, 9.17) is 4.98 Å². The van der Waals surface area contributed by atoms with Crippen molar-refractivity contribution >= 4 is 5.82 Å². The van der Waals surface area contributed by atoms with Crippen LogP contribution in [0.5, 0.6) is 0 Å². The summed E-state index contributed by atoms with van der Waals surface area (Å²) in [7, 11) is 0. The van der Waals surface area contributed by atoms with E-state index in [1.165, 1.54) is 25.7 Å². The summed E-state index contributed by atoms with van der Waals surface area (Å²) in [6.07, 6.45) is 8.88. The molecule has 104 valence electrons. The minimum absolute atomic E-state index is 0.481. The van der Waals surface area contributed by atoms with E-state index in [1.54, 1.807) is 0 Å². The van der Waals surface area contributed by atoms with Gasteiger partial charge in [0, 0.05) is 31.9 Å². The van der Waals surface area contributed by atoms with Crippen LogP contribution in [-0.2, 0) is 6.54 Å². The highest BCUT2D eigenvalue weighted by Gasteiger charge is 2.26. The first-order valence-corrected chi connectivity index (χ1v) is 7.42. The van der Waals surface area contributed by atoms with Crippen molar-refractivity contribution in [2.75, 3.05) is 18.0 Å². The topological polar surface area (TPSA) is 41.1 Å². The van der Waals surface area contributed by atoms with Crippen LogP contribution in [0.25, 0.3) is 0 Å². The first kappa shape index (κ1) is 12.9. The van der Waals surface area contributed by atoms with Crippen LogP contribution < -0.4 is 10.2 Å². The molecule has 0 radical (unpaired) electrons. The van der Waals surface area contributed by atoms with Crippen molar-refractivity contribution < 1.29 is 0 Å². The Bertz CT molecular complexity index is 430. The molecule has 2 heterocycles. The van der Waals surface area contributed by atoms with Gasteiger partial charge in [0.2, 0.25) is 0 Å². The second-order valence-corrected chi connectivity index (χ2v) is 6.68. The fourth-order valence-electron chi connectivity index (χ4n) is 2.51. The van der Waals surface area contributed by atoms with Gasteiger partial charge in [0.05, 0.1) is 11.9 Å². The van der Waals surface area contributed by atoms with Crippen molar-refractivity contribution in [2.24, 2.45) is 5.41 Å². The van der Waals surface area contributed by atoms with Crippen molar-refractivity contribution in [3.05, 3.63) is 18.1 Å². The van der Waals surface area contributed by atoms with Gasteiger partial charge < -0.3 is 10.2 Å². The predicted octanol–water partition coefficient (Wildman–Crippen LogP) is 2.36. The van der Waals surface area contributed by atoms with E-state index >= 15 is 0 Å². The highest BCUT2D eigenvalue weighted by atomic mass is 15.2. The zero-order chi connectivity index (χ0) is 13.3. The summed E-state index contributed by atoms with van der Waals surface area (Å²) < 4.78 is 0. The number of nitrogens with one attached hydrogen (secondary N) is 1. The molecule has 0 amide bonds. The summed E-state index contributed by atoms with van der Waals surface area (Å²) in [5.41, 5.74) is 1.55. The van der Waals surface area contributed by atoms with Crippen LogP contribution in [0.2, 0.25) is 0 Å². The second-order valence-electron chi connectivity index (χ2n) is 6.68. The maximum Gasteiger partial charge on any atom is 0.147 e. The molecule has 1 aromatic rings. The summed E-state index contributed by atoms with van der Waals surface area (Å²) >= 11 is 0. The van der Waals surface area contributed by atoms with Gasteiger partial charge in [0.15, 0.2) is 0 Å². The second kappa shape index (κ2) is 5.08. The monoisotopic (exact) mass is 260 g/mol. The van der Waals surface area contributed by atoms with Gasteiger partial charge in [0.25, 0.3) is 0 Å². The Morgan fingerprint density at radius 2 is 2.00 bits per heavy atom. The SMILES string of the molecule is CC1(C)CCN(c2cncc(CNC3CC3)n2)CC1. The van der Waals surface area contributed by atoms with Gasteiger partial charge in [-0.15, -0.1) is 0 Å². The molecule has 3 rings (SSSR count). The molecule has 1 aromatic heterocycles. The molecule has 0 atom stereocenters. The van der Waals surface area contributed by atoms with E-state index in [9.17, 15) is 0 Å². The van der Waals surface area contributed by atoms with Gasteiger partial charge in [-0.25, -0.2) is 4.98 Å². The Morgan fingerprint density at radius 3 is 2.68 bits per heavy atom. The zero-order valence-electron chi connectivity index (χ0n) is 12.0. The van der Waals surface area contributed by atoms with E-state index in [0.29, 0.717) is 5.41 Å². The van der Waals surface area contributed by atoms with Crippen molar-refractivity contribution in [3.63, 3.8) is 0 Å². The molecule has 1 aliphatic carbocycles. The third-order valence-corrected chi connectivity index (χ3v) is 4.26. The average molecular weight is 260 g/mol. The Kier molecular flexibility index (Phi) is 3.44. The van der Waals surface area contributed by atoms with Crippen molar-refractivity contribution in [3.8, 4) is 0 Å². The molecule has 0 spiro atoms. The van der Waals surface area contributed by atoms with E-state index in [1.807, 2.05) is 12.4 Å². The van der Waals surface area contributed by atoms with Gasteiger partial charge >= 0.3 is 0 Å². The average Bonchev–Trinajstić information content (AvgIpc) is 3.21.